The van der Waals surface area contributed by atoms with Crippen LogP contribution in [0.2, 0.25) is 0 Å². The summed E-state index contributed by atoms with van der Waals surface area (Å²) in [6.07, 6.45) is 4.49. The second-order valence-electron chi connectivity index (χ2n) is 6.98. The number of carbonyl (C=O) groups is 1. The molecule has 2 saturated heterocycles. The number of hydrogen-bond donors (Lipinski definition) is 2. The average molecular weight is 253 g/mol. The van der Waals surface area contributed by atoms with Crippen LogP contribution in [0.5, 0.6) is 0 Å². The fraction of sp³-hybridized carbons (Fsp3) is 0.929. The van der Waals surface area contributed by atoms with E-state index in [-0.39, 0.29) is 17.5 Å². The van der Waals surface area contributed by atoms with Crippen LogP contribution in [0.4, 0.5) is 0 Å². The number of carbonyl (C=O) groups excluding carboxylic acids is 1. The van der Waals surface area contributed by atoms with Gasteiger partial charge in [0.2, 0.25) is 5.91 Å². The van der Waals surface area contributed by atoms with Gasteiger partial charge in [0.1, 0.15) is 0 Å². The van der Waals surface area contributed by atoms with Crippen molar-refractivity contribution in [1.29, 1.82) is 0 Å². The van der Waals surface area contributed by atoms with E-state index in [1.165, 1.54) is 12.8 Å². The van der Waals surface area contributed by atoms with Crippen LogP contribution >= 0.6 is 0 Å². The number of hydrogen-bond acceptors (Lipinski definition) is 3. The molecule has 2 heterocycles. The van der Waals surface area contributed by atoms with Gasteiger partial charge in [-0.25, -0.2) is 0 Å². The molecule has 18 heavy (non-hydrogen) atoms. The zero-order valence-corrected chi connectivity index (χ0v) is 12.1. The van der Waals surface area contributed by atoms with Crippen molar-refractivity contribution in [2.45, 2.75) is 83.1 Å². The number of rotatable bonds is 2. The molecule has 0 aromatic carbocycles. The molecule has 0 radical (unpaired) electrons. The number of piperidine rings is 1. The number of nitrogens with two attached hydrogens (primary N) is 1. The summed E-state index contributed by atoms with van der Waals surface area (Å²) in [6, 6.07) is 1.32. The molecule has 2 aliphatic rings. The zero-order valence-electron chi connectivity index (χ0n) is 12.1. The number of nitrogens with one attached hydrogen (secondary N) is 1. The molecule has 3 atom stereocenters. The molecule has 4 heteroatoms. The molecule has 1 amide bonds. The Morgan fingerprint density at radius 2 is 1.78 bits per heavy atom. The minimum Gasteiger partial charge on any atom is -0.350 e. The molecule has 0 aliphatic carbocycles. The van der Waals surface area contributed by atoms with Crippen LogP contribution in [0, 0.1) is 0 Å². The molecular weight excluding hydrogens is 226 g/mol. The highest BCUT2D eigenvalue weighted by atomic mass is 16.2. The van der Waals surface area contributed by atoms with E-state index in [1.807, 2.05) is 27.7 Å². The van der Waals surface area contributed by atoms with Crippen molar-refractivity contribution in [1.82, 2.24) is 10.2 Å². The summed E-state index contributed by atoms with van der Waals surface area (Å²) in [4.78, 5) is 14.7. The van der Waals surface area contributed by atoms with Crippen molar-refractivity contribution in [3.05, 3.63) is 0 Å². The Morgan fingerprint density at radius 1 is 1.28 bits per heavy atom. The molecule has 3 unspecified atom stereocenters. The predicted octanol–water partition coefficient (Wildman–Crippen LogP) is 1.24. The first-order valence-electron chi connectivity index (χ1n) is 7.13. The van der Waals surface area contributed by atoms with Gasteiger partial charge in [-0.15, -0.1) is 0 Å². The van der Waals surface area contributed by atoms with E-state index in [2.05, 4.69) is 10.2 Å². The Bertz CT molecular complexity index is 309. The van der Waals surface area contributed by atoms with Crippen molar-refractivity contribution in [2.75, 3.05) is 0 Å². The van der Waals surface area contributed by atoms with Crippen molar-refractivity contribution in [3.8, 4) is 0 Å². The van der Waals surface area contributed by atoms with E-state index in [0.717, 1.165) is 12.8 Å². The van der Waals surface area contributed by atoms with Gasteiger partial charge in [-0.3, -0.25) is 9.69 Å². The van der Waals surface area contributed by atoms with Crippen molar-refractivity contribution in [2.24, 2.45) is 5.73 Å². The lowest BCUT2D eigenvalue weighted by Crippen LogP contribution is -2.57. The van der Waals surface area contributed by atoms with E-state index < -0.39 is 0 Å². The topological polar surface area (TPSA) is 58.4 Å². The molecule has 0 spiro atoms. The second-order valence-corrected chi connectivity index (χ2v) is 6.98. The highest BCUT2D eigenvalue weighted by Crippen LogP contribution is 2.36. The molecule has 3 N–H and O–H groups in total. The van der Waals surface area contributed by atoms with Gasteiger partial charge in [0, 0.05) is 23.7 Å². The van der Waals surface area contributed by atoms with E-state index >= 15 is 0 Å². The summed E-state index contributed by atoms with van der Waals surface area (Å²) in [7, 11) is 0. The van der Waals surface area contributed by atoms with E-state index in [0.29, 0.717) is 18.1 Å². The monoisotopic (exact) mass is 253 g/mol. The Hall–Kier alpha value is -0.610. The maximum absolute atomic E-state index is 12.3. The van der Waals surface area contributed by atoms with Gasteiger partial charge in [0.05, 0.1) is 6.04 Å². The third-order valence-corrected chi connectivity index (χ3v) is 4.15. The SMILES string of the molecule is CC(C(=O)NC(C)(C)C)N1C2CCC1CC(N)C2. The van der Waals surface area contributed by atoms with Crippen LogP contribution in [0.25, 0.3) is 0 Å². The third kappa shape index (κ3) is 2.86. The number of fused-ring (bicyclic) bond motifs is 2. The molecule has 2 aliphatic heterocycles. The van der Waals surface area contributed by atoms with Gasteiger partial charge in [0.25, 0.3) is 0 Å². The van der Waals surface area contributed by atoms with E-state index in [9.17, 15) is 4.79 Å². The fourth-order valence-electron chi connectivity index (χ4n) is 3.50. The quantitative estimate of drug-likeness (QED) is 0.778. The Balaban J connectivity index is 2.01. The third-order valence-electron chi connectivity index (χ3n) is 4.15. The van der Waals surface area contributed by atoms with Gasteiger partial charge < -0.3 is 11.1 Å². The van der Waals surface area contributed by atoms with Crippen LogP contribution in [0.3, 0.4) is 0 Å². The minimum absolute atomic E-state index is 0.0331. The van der Waals surface area contributed by atoms with Gasteiger partial charge in [0.15, 0.2) is 0 Å². The summed E-state index contributed by atoms with van der Waals surface area (Å²) >= 11 is 0. The molecule has 0 aromatic heterocycles. The van der Waals surface area contributed by atoms with Crippen molar-refractivity contribution in [3.63, 3.8) is 0 Å². The standard InChI is InChI=1S/C14H27N3O/c1-9(13(18)16-14(2,3)4)17-11-5-6-12(17)8-10(15)7-11/h9-12H,5-8,15H2,1-4H3,(H,16,18). The molecule has 0 aromatic rings. The van der Waals surface area contributed by atoms with E-state index in [1.54, 1.807) is 0 Å². The Morgan fingerprint density at radius 3 is 2.22 bits per heavy atom. The van der Waals surface area contributed by atoms with E-state index in [4.69, 9.17) is 5.73 Å². The van der Waals surface area contributed by atoms with Crippen LogP contribution in [0.1, 0.15) is 53.4 Å². The van der Waals surface area contributed by atoms with Gasteiger partial charge in [-0.05, 0) is 53.4 Å². The smallest absolute Gasteiger partial charge is 0.237 e. The summed E-state index contributed by atoms with van der Waals surface area (Å²) in [6.45, 7) is 8.11. The first-order valence-corrected chi connectivity index (χ1v) is 7.13. The summed E-state index contributed by atoms with van der Waals surface area (Å²) in [5.74, 6) is 0.148. The van der Waals surface area contributed by atoms with Crippen LogP contribution in [0.15, 0.2) is 0 Å². The van der Waals surface area contributed by atoms with Gasteiger partial charge >= 0.3 is 0 Å². The summed E-state index contributed by atoms with van der Waals surface area (Å²) < 4.78 is 0. The Labute approximate surface area is 110 Å². The van der Waals surface area contributed by atoms with Gasteiger partial charge in [-0.2, -0.15) is 0 Å². The van der Waals surface area contributed by atoms with Crippen LogP contribution in [-0.2, 0) is 4.79 Å². The maximum Gasteiger partial charge on any atom is 0.237 e. The Kier molecular flexibility index (Phi) is 3.70. The first-order chi connectivity index (χ1) is 8.28. The fourth-order valence-corrected chi connectivity index (χ4v) is 3.50. The largest absolute Gasteiger partial charge is 0.350 e. The highest BCUT2D eigenvalue weighted by molar-refractivity contribution is 5.82. The molecule has 2 fully saturated rings. The average Bonchev–Trinajstić information content (AvgIpc) is 2.47. The van der Waals surface area contributed by atoms with Crippen LogP contribution in [-0.4, -0.2) is 40.5 Å². The normalized spacial score (nSPS) is 34.4. The lowest BCUT2D eigenvalue weighted by molar-refractivity contribution is -0.129. The first kappa shape index (κ1) is 13.8. The number of amides is 1. The van der Waals surface area contributed by atoms with Crippen molar-refractivity contribution < 1.29 is 4.79 Å². The van der Waals surface area contributed by atoms with Crippen LogP contribution < -0.4 is 11.1 Å². The van der Waals surface area contributed by atoms with Gasteiger partial charge in [-0.1, -0.05) is 0 Å². The lowest BCUT2D eigenvalue weighted by Gasteiger charge is -2.41. The molecular formula is C14H27N3O. The molecule has 2 bridgehead atoms. The predicted molar refractivity (Wildman–Crippen MR) is 73.2 cm³/mol. The minimum atomic E-state index is -0.156. The maximum atomic E-state index is 12.3. The number of nitrogens with zero attached hydrogens (tertiary/aromatic N) is 1. The van der Waals surface area contributed by atoms with Crippen molar-refractivity contribution >= 4 is 5.91 Å². The highest BCUT2D eigenvalue weighted by Gasteiger charge is 2.43. The molecule has 0 saturated carbocycles. The lowest BCUT2D eigenvalue weighted by atomic mass is 9.96. The molecule has 104 valence electrons. The summed E-state index contributed by atoms with van der Waals surface area (Å²) in [5.41, 5.74) is 5.91. The summed E-state index contributed by atoms with van der Waals surface area (Å²) in [5, 5.41) is 3.08. The zero-order chi connectivity index (χ0) is 13.5. The molecule has 2 rings (SSSR count). The second kappa shape index (κ2) is 4.82. The molecule has 4 nitrogen and oxygen atoms in total.